The summed E-state index contributed by atoms with van der Waals surface area (Å²) < 4.78 is 0. The van der Waals surface area contributed by atoms with Crippen molar-refractivity contribution in [2.75, 3.05) is 26.2 Å². The molecular formula is C16H26N2S. The minimum atomic E-state index is 0.696. The van der Waals surface area contributed by atoms with Gasteiger partial charge in [0.15, 0.2) is 0 Å². The van der Waals surface area contributed by atoms with Crippen LogP contribution in [0.5, 0.6) is 0 Å². The molecule has 2 aliphatic rings. The molecule has 0 amide bonds. The van der Waals surface area contributed by atoms with E-state index in [0.29, 0.717) is 6.04 Å². The van der Waals surface area contributed by atoms with Crippen LogP contribution in [0.4, 0.5) is 0 Å². The molecule has 1 aliphatic heterocycles. The first-order valence-corrected chi connectivity index (χ1v) is 8.72. The summed E-state index contributed by atoms with van der Waals surface area (Å²) in [7, 11) is 0. The van der Waals surface area contributed by atoms with Gasteiger partial charge in [0, 0.05) is 29.9 Å². The van der Waals surface area contributed by atoms with Crippen molar-refractivity contribution in [3.05, 3.63) is 22.4 Å². The summed E-state index contributed by atoms with van der Waals surface area (Å²) in [4.78, 5) is 4.19. The van der Waals surface area contributed by atoms with Gasteiger partial charge in [-0.15, -0.1) is 11.3 Å². The maximum Gasteiger partial charge on any atom is 0.0201 e. The molecule has 2 atom stereocenters. The van der Waals surface area contributed by atoms with Crippen molar-refractivity contribution in [3.8, 4) is 0 Å². The van der Waals surface area contributed by atoms with Crippen LogP contribution in [0.3, 0.4) is 0 Å². The highest BCUT2D eigenvalue weighted by Gasteiger charge is 2.28. The number of hydrogen-bond donors (Lipinski definition) is 1. The van der Waals surface area contributed by atoms with Crippen molar-refractivity contribution < 1.29 is 0 Å². The lowest BCUT2D eigenvalue weighted by atomic mass is 9.85. The van der Waals surface area contributed by atoms with Gasteiger partial charge in [0.05, 0.1) is 0 Å². The summed E-state index contributed by atoms with van der Waals surface area (Å²) in [5.41, 5.74) is 0. The molecule has 0 aromatic carbocycles. The van der Waals surface area contributed by atoms with Crippen LogP contribution in [0.1, 0.15) is 43.4 Å². The molecule has 3 heteroatoms. The van der Waals surface area contributed by atoms with Gasteiger partial charge in [-0.3, -0.25) is 0 Å². The SMILES string of the molecule is CCN1CC(NCC2CCC2)CC(c2cccs2)C1. The van der Waals surface area contributed by atoms with E-state index >= 15 is 0 Å². The second-order valence-corrected chi connectivity index (χ2v) is 7.18. The van der Waals surface area contributed by atoms with Gasteiger partial charge in [0.2, 0.25) is 0 Å². The van der Waals surface area contributed by atoms with E-state index in [2.05, 4.69) is 34.7 Å². The second kappa shape index (κ2) is 6.38. The van der Waals surface area contributed by atoms with Crippen molar-refractivity contribution in [2.45, 2.75) is 44.6 Å². The van der Waals surface area contributed by atoms with E-state index in [0.717, 1.165) is 11.8 Å². The van der Waals surface area contributed by atoms with E-state index in [1.165, 1.54) is 51.9 Å². The zero-order valence-electron chi connectivity index (χ0n) is 12.0. The molecule has 0 spiro atoms. The van der Waals surface area contributed by atoms with E-state index in [1.54, 1.807) is 4.88 Å². The minimum absolute atomic E-state index is 0.696. The van der Waals surface area contributed by atoms with E-state index in [9.17, 15) is 0 Å². The molecule has 2 fully saturated rings. The Balaban J connectivity index is 1.57. The Hall–Kier alpha value is -0.380. The molecule has 19 heavy (non-hydrogen) atoms. The van der Waals surface area contributed by atoms with Gasteiger partial charge < -0.3 is 10.2 Å². The van der Waals surface area contributed by atoms with Gasteiger partial charge in [0.1, 0.15) is 0 Å². The smallest absolute Gasteiger partial charge is 0.0201 e. The molecule has 1 aliphatic carbocycles. The first kappa shape index (κ1) is 13.6. The maximum atomic E-state index is 3.84. The fourth-order valence-electron chi connectivity index (χ4n) is 3.36. The highest BCUT2D eigenvalue weighted by molar-refractivity contribution is 7.10. The molecule has 1 saturated heterocycles. The summed E-state index contributed by atoms with van der Waals surface area (Å²) in [6.07, 6.45) is 5.68. The van der Waals surface area contributed by atoms with Gasteiger partial charge in [-0.2, -0.15) is 0 Å². The molecule has 2 heterocycles. The number of piperidine rings is 1. The third-order valence-electron chi connectivity index (χ3n) is 4.84. The average Bonchev–Trinajstić information content (AvgIpc) is 2.90. The fourth-order valence-corrected chi connectivity index (χ4v) is 4.19. The summed E-state index contributed by atoms with van der Waals surface area (Å²) in [5, 5.41) is 6.06. The molecule has 3 rings (SSSR count). The van der Waals surface area contributed by atoms with Crippen molar-refractivity contribution in [2.24, 2.45) is 5.92 Å². The van der Waals surface area contributed by atoms with E-state index in [4.69, 9.17) is 0 Å². The quantitative estimate of drug-likeness (QED) is 0.889. The topological polar surface area (TPSA) is 15.3 Å². The average molecular weight is 278 g/mol. The second-order valence-electron chi connectivity index (χ2n) is 6.20. The first-order chi connectivity index (χ1) is 9.35. The van der Waals surface area contributed by atoms with Crippen molar-refractivity contribution in [1.29, 1.82) is 0 Å². The zero-order chi connectivity index (χ0) is 13.1. The third-order valence-corrected chi connectivity index (χ3v) is 5.87. The number of likely N-dealkylation sites (N-methyl/N-ethyl adjacent to an activating group) is 1. The van der Waals surface area contributed by atoms with Gasteiger partial charge in [-0.05, 0) is 49.7 Å². The molecule has 2 nitrogen and oxygen atoms in total. The monoisotopic (exact) mass is 278 g/mol. The number of nitrogens with one attached hydrogen (secondary N) is 1. The van der Waals surface area contributed by atoms with Crippen molar-refractivity contribution in [3.63, 3.8) is 0 Å². The maximum absolute atomic E-state index is 3.84. The van der Waals surface area contributed by atoms with Crippen LogP contribution in [0.25, 0.3) is 0 Å². The lowest BCUT2D eigenvalue weighted by Gasteiger charge is -2.38. The van der Waals surface area contributed by atoms with Gasteiger partial charge in [-0.25, -0.2) is 0 Å². The third kappa shape index (κ3) is 3.39. The van der Waals surface area contributed by atoms with Crippen LogP contribution < -0.4 is 5.32 Å². The van der Waals surface area contributed by atoms with Gasteiger partial charge >= 0.3 is 0 Å². The van der Waals surface area contributed by atoms with Crippen LogP contribution in [-0.2, 0) is 0 Å². The largest absolute Gasteiger partial charge is 0.312 e. The Kier molecular flexibility index (Phi) is 4.57. The number of likely N-dealkylation sites (tertiary alicyclic amines) is 1. The molecule has 0 bridgehead atoms. The van der Waals surface area contributed by atoms with Gasteiger partial charge in [-0.1, -0.05) is 19.4 Å². The summed E-state index contributed by atoms with van der Waals surface area (Å²) >= 11 is 1.93. The highest BCUT2D eigenvalue weighted by atomic mass is 32.1. The van der Waals surface area contributed by atoms with Gasteiger partial charge in [0.25, 0.3) is 0 Å². The van der Waals surface area contributed by atoms with Crippen LogP contribution >= 0.6 is 11.3 Å². The molecule has 106 valence electrons. The van der Waals surface area contributed by atoms with Crippen molar-refractivity contribution >= 4 is 11.3 Å². The predicted octanol–water partition coefficient (Wildman–Crippen LogP) is 3.32. The highest BCUT2D eigenvalue weighted by Crippen LogP contribution is 2.31. The molecule has 1 aromatic heterocycles. The molecule has 1 saturated carbocycles. The van der Waals surface area contributed by atoms with Crippen molar-refractivity contribution in [1.82, 2.24) is 10.2 Å². The Labute approximate surface area is 121 Å². The van der Waals surface area contributed by atoms with Crippen LogP contribution in [0, 0.1) is 5.92 Å². The Morgan fingerprint density at radius 2 is 2.26 bits per heavy atom. The number of rotatable bonds is 5. The van der Waals surface area contributed by atoms with E-state index in [1.807, 2.05) is 11.3 Å². The van der Waals surface area contributed by atoms with Crippen LogP contribution in [0.15, 0.2) is 17.5 Å². The predicted molar refractivity (Wildman–Crippen MR) is 82.9 cm³/mol. The minimum Gasteiger partial charge on any atom is -0.312 e. The number of hydrogen-bond acceptors (Lipinski definition) is 3. The van der Waals surface area contributed by atoms with Crippen LogP contribution in [-0.4, -0.2) is 37.1 Å². The summed E-state index contributed by atoms with van der Waals surface area (Å²) in [5.74, 6) is 1.71. The lowest BCUT2D eigenvalue weighted by Crippen LogP contribution is -2.49. The Morgan fingerprint density at radius 3 is 2.89 bits per heavy atom. The number of thiophene rings is 1. The summed E-state index contributed by atoms with van der Waals surface area (Å²) in [6, 6.07) is 5.21. The normalized spacial score (nSPS) is 29.3. The summed E-state index contributed by atoms with van der Waals surface area (Å²) in [6.45, 7) is 7.21. The zero-order valence-corrected chi connectivity index (χ0v) is 12.8. The first-order valence-electron chi connectivity index (χ1n) is 7.84. The Morgan fingerprint density at radius 1 is 1.37 bits per heavy atom. The number of nitrogens with zero attached hydrogens (tertiary/aromatic N) is 1. The fraction of sp³-hybridized carbons (Fsp3) is 0.750. The molecule has 0 radical (unpaired) electrons. The van der Waals surface area contributed by atoms with E-state index < -0.39 is 0 Å². The van der Waals surface area contributed by atoms with Crippen LogP contribution in [0.2, 0.25) is 0 Å². The lowest BCUT2D eigenvalue weighted by molar-refractivity contribution is 0.170. The molecule has 1 aromatic rings. The molecular weight excluding hydrogens is 252 g/mol. The van der Waals surface area contributed by atoms with E-state index in [-0.39, 0.29) is 0 Å². The molecule has 2 unspecified atom stereocenters. The molecule has 1 N–H and O–H groups in total. The Bertz CT molecular complexity index is 372. The standard InChI is InChI=1S/C16H26N2S/c1-2-18-11-14(16-7-4-8-19-16)9-15(12-18)17-10-13-5-3-6-13/h4,7-8,13-15,17H,2-3,5-6,9-12H2,1H3.